The molecular weight excluding hydrogens is 370 g/mol. The molecule has 3 N–H and O–H groups in total. The number of nitrogens with zero attached hydrogens (tertiary/aromatic N) is 1. The Labute approximate surface area is 165 Å². The number of benzene rings is 1. The summed E-state index contributed by atoms with van der Waals surface area (Å²) >= 11 is 5.90. The van der Waals surface area contributed by atoms with Crippen LogP contribution in [0.3, 0.4) is 0 Å². The van der Waals surface area contributed by atoms with Gasteiger partial charge in [-0.15, -0.1) is 0 Å². The van der Waals surface area contributed by atoms with E-state index in [-0.39, 0.29) is 18.7 Å². The summed E-state index contributed by atoms with van der Waals surface area (Å²) in [6.07, 6.45) is 0.520. The maximum atomic E-state index is 13.0. The monoisotopic (exact) mass is 397 g/mol. The summed E-state index contributed by atoms with van der Waals surface area (Å²) in [4.78, 5) is 36.2. The maximum Gasteiger partial charge on any atom is 0.242 e. The Morgan fingerprint density at radius 1 is 1.22 bits per heavy atom. The lowest BCUT2D eigenvalue weighted by atomic mass is 9.84. The summed E-state index contributed by atoms with van der Waals surface area (Å²) in [6.45, 7) is 7.10. The van der Waals surface area contributed by atoms with Crippen molar-refractivity contribution in [2.75, 3.05) is 7.05 Å². The van der Waals surface area contributed by atoms with Gasteiger partial charge in [0.2, 0.25) is 18.2 Å². The number of hydrogen-bond acceptors (Lipinski definition) is 4. The van der Waals surface area contributed by atoms with E-state index in [0.717, 1.165) is 5.56 Å². The lowest BCUT2D eigenvalue weighted by Gasteiger charge is -2.33. The van der Waals surface area contributed by atoms with Crippen molar-refractivity contribution in [1.29, 1.82) is 0 Å². The Morgan fingerprint density at radius 2 is 1.78 bits per heavy atom. The molecule has 8 heteroatoms. The van der Waals surface area contributed by atoms with Gasteiger partial charge in [0, 0.05) is 12.1 Å². The van der Waals surface area contributed by atoms with E-state index < -0.39 is 29.3 Å². The fourth-order valence-corrected chi connectivity index (χ4v) is 2.83. The second kappa shape index (κ2) is 9.71. The number of likely N-dealkylation sites (N-methyl/N-ethyl adjacent to an activating group) is 1. The first-order valence-corrected chi connectivity index (χ1v) is 9.08. The van der Waals surface area contributed by atoms with Gasteiger partial charge in [-0.3, -0.25) is 19.6 Å². The van der Waals surface area contributed by atoms with E-state index in [1.54, 1.807) is 31.2 Å². The van der Waals surface area contributed by atoms with Crippen molar-refractivity contribution in [2.24, 2.45) is 11.3 Å². The molecule has 0 saturated carbocycles. The summed E-state index contributed by atoms with van der Waals surface area (Å²) in [5.41, 5.74) is 0.297. The highest BCUT2D eigenvalue weighted by Gasteiger charge is 2.36. The van der Waals surface area contributed by atoms with Crippen molar-refractivity contribution in [2.45, 2.75) is 46.2 Å². The number of carbonyl (C=O) groups excluding carboxylic acids is 3. The third-order valence-corrected chi connectivity index (χ3v) is 4.73. The molecule has 3 atom stereocenters. The lowest BCUT2D eigenvalue weighted by Crippen LogP contribution is -2.56. The summed E-state index contributed by atoms with van der Waals surface area (Å²) in [5, 5.41) is 16.2. The van der Waals surface area contributed by atoms with Gasteiger partial charge in [-0.2, -0.15) is 0 Å². The zero-order valence-corrected chi connectivity index (χ0v) is 17.1. The van der Waals surface area contributed by atoms with Gasteiger partial charge in [0.15, 0.2) is 0 Å². The molecule has 7 nitrogen and oxygen atoms in total. The van der Waals surface area contributed by atoms with Gasteiger partial charge in [0.25, 0.3) is 0 Å². The Balaban J connectivity index is 3.12. The number of nitrogens with one attached hydrogen (secondary N) is 2. The van der Waals surface area contributed by atoms with E-state index in [2.05, 4.69) is 10.6 Å². The number of halogens is 1. The topological polar surface area (TPSA) is 98.7 Å². The van der Waals surface area contributed by atoms with E-state index in [9.17, 15) is 19.6 Å². The van der Waals surface area contributed by atoms with Crippen LogP contribution in [0.25, 0.3) is 0 Å². The molecule has 0 saturated heterocycles. The minimum Gasteiger partial charge on any atom is -0.357 e. The first kappa shape index (κ1) is 22.9. The normalized spacial score (nSPS) is 14.6. The van der Waals surface area contributed by atoms with Gasteiger partial charge in [0.05, 0.1) is 12.0 Å². The smallest absolute Gasteiger partial charge is 0.242 e. The van der Waals surface area contributed by atoms with Crippen LogP contribution in [0.4, 0.5) is 0 Å². The van der Waals surface area contributed by atoms with E-state index in [1.165, 1.54) is 7.05 Å². The molecule has 3 unspecified atom stereocenters. The predicted molar refractivity (Wildman–Crippen MR) is 103 cm³/mol. The van der Waals surface area contributed by atoms with Crippen molar-refractivity contribution in [3.63, 3.8) is 0 Å². The third kappa shape index (κ3) is 6.52. The molecule has 0 aliphatic carbocycles. The summed E-state index contributed by atoms with van der Waals surface area (Å²) < 4.78 is 0. The van der Waals surface area contributed by atoms with Crippen LogP contribution >= 0.6 is 11.6 Å². The lowest BCUT2D eigenvalue weighted by molar-refractivity contribution is -0.166. The predicted octanol–water partition coefficient (Wildman–Crippen LogP) is 2.01. The standard InChI is InChI=1S/C19H28ClN3O4/c1-12(23(27)11-24)15(10-13-6-8-14(20)9-7-13)17(25)22-16(18(26)21-5)19(2,3)4/h6-9,11-12,15-16,27H,10H2,1-5H3,(H,21,26)(H,22,25). The van der Waals surface area contributed by atoms with E-state index in [4.69, 9.17) is 11.6 Å². The number of rotatable bonds is 8. The Hall–Kier alpha value is -2.12. The van der Waals surface area contributed by atoms with E-state index in [0.29, 0.717) is 10.1 Å². The zero-order chi connectivity index (χ0) is 20.8. The highest BCUT2D eigenvalue weighted by molar-refractivity contribution is 6.30. The average molecular weight is 398 g/mol. The molecule has 1 rings (SSSR count). The molecule has 0 bridgehead atoms. The zero-order valence-electron chi connectivity index (χ0n) is 16.3. The van der Waals surface area contributed by atoms with Crippen LogP contribution in [-0.2, 0) is 20.8 Å². The first-order chi connectivity index (χ1) is 12.5. The molecule has 0 fully saturated rings. The SMILES string of the molecule is CNC(=O)C(NC(=O)C(Cc1ccc(Cl)cc1)C(C)N(O)C=O)C(C)(C)C. The Bertz CT molecular complexity index is 658. The molecule has 0 aliphatic heterocycles. The maximum absolute atomic E-state index is 13.0. The van der Waals surface area contributed by atoms with Gasteiger partial charge in [-0.05, 0) is 36.5 Å². The summed E-state index contributed by atoms with van der Waals surface area (Å²) in [6, 6.07) is 5.41. The van der Waals surface area contributed by atoms with Gasteiger partial charge in [0.1, 0.15) is 6.04 Å². The van der Waals surface area contributed by atoms with Crippen molar-refractivity contribution in [3.05, 3.63) is 34.9 Å². The van der Waals surface area contributed by atoms with Gasteiger partial charge in [-0.25, -0.2) is 5.06 Å². The Morgan fingerprint density at radius 3 is 2.22 bits per heavy atom. The van der Waals surface area contributed by atoms with Crippen LogP contribution in [0.15, 0.2) is 24.3 Å². The molecule has 1 aromatic carbocycles. The number of hydrogen-bond donors (Lipinski definition) is 3. The molecule has 150 valence electrons. The van der Waals surface area contributed by atoms with E-state index >= 15 is 0 Å². The number of hydroxylamine groups is 2. The Kier molecular flexibility index (Phi) is 8.24. The van der Waals surface area contributed by atoms with Crippen LogP contribution in [0.2, 0.25) is 5.02 Å². The third-order valence-electron chi connectivity index (χ3n) is 4.47. The minimum atomic E-state index is -0.788. The van der Waals surface area contributed by atoms with Crippen molar-refractivity contribution >= 4 is 29.8 Å². The molecular formula is C19H28ClN3O4. The van der Waals surface area contributed by atoms with Crippen LogP contribution in [-0.4, -0.2) is 47.6 Å². The largest absolute Gasteiger partial charge is 0.357 e. The fourth-order valence-electron chi connectivity index (χ4n) is 2.71. The highest BCUT2D eigenvalue weighted by Crippen LogP contribution is 2.22. The van der Waals surface area contributed by atoms with Crippen LogP contribution in [0, 0.1) is 11.3 Å². The minimum absolute atomic E-state index is 0.257. The van der Waals surface area contributed by atoms with Crippen LogP contribution in [0.1, 0.15) is 33.3 Å². The van der Waals surface area contributed by atoms with Crippen LogP contribution in [0.5, 0.6) is 0 Å². The average Bonchev–Trinajstić information content (AvgIpc) is 2.62. The summed E-state index contributed by atoms with van der Waals surface area (Å²) in [5.74, 6) is -1.51. The first-order valence-electron chi connectivity index (χ1n) is 8.70. The van der Waals surface area contributed by atoms with Gasteiger partial charge < -0.3 is 10.6 Å². The number of amides is 3. The van der Waals surface area contributed by atoms with Crippen LogP contribution < -0.4 is 10.6 Å². The molecule has 0 spiro atoms. The second-order valence-electron chi connectivity index (χ2n) is 7.58. The van der Waals surface area contributed by atoms with Crippen molar-refractivity contribution in [1.82, 2.24) is 15.7 Å². The molecule has 0 aliphatic rings. The number of carbonyl (C=O) groups is 3. The molecule has 0 heterocycles. The molecule has 1 aromatic rings. The van der Waals surface area contributed by atoms with Gasteiger partial charge >= 0.3 is 0 Å². The van der Waals surface area contributed by atoms with Gasteiger partial charge in [-0.1, -0.05) is 44.5 Å². The van der Waals surface area contributed by atoms with Crippen molar-refractivity contribution in [3.8, 4) is 0 Å². The quantitative estimate of drug-likeness (QED) is 0.355. The van der Waals surface area contributed by atoms with Crippen molar-refractivity contribution < 1.29 is 19.6 Å². The fraction of sp³-hybridized carbons (Fsp3) is 0.526. The molecule has 0 aromatic heterocycles. The molecule has 27 heavy (non-hydrogen) atoms. The summed E-state index contributed by atoms with van der Waals surface area (Å²) in [7, 11) is 1.50. The molecule has 0 radical (unpaired) electrons. The van der Waals surface area contributed by atoms with E-state index in [1.807, 2.05) is 20.8 Å². The molecule has 3 amide bonds. The second-order valence-corrected chi connectivity index (χ2v) is 8.02. The highest BCUT2D eigenvalue weighted by atomic mass is 35.5.